The lowest BCUT2D eigenvalue weighted by molar-refractivity contribution is 0.0600. The Morgan fingerprint density at radius 2 is 2.08 bits per heavy atom. The van der Waals surface area contributed by atoms with Crippen LogP contribution in [0.5, 0.6) is 5.88 Å². The fourth-order valence-corrected chi connectivity index (χ4v) is 3.40. The summed E-state index contributed by atoms with van der Waals surface area (Å²) in [5.41, 5.74) is 2.20. The van der Waals surface area contributed by atoms with Crippen molar-refractivity contribution in [3.8, 4) is 5.88 Å². The van der Waals surface area contributed by atoms with E-state index in [4.69, 9.17) is 0 Å². The minimum absolute atomic E-state index is 0.130. The van der Waals surface area contributed by atoms with E-state index in [1.54, 1.807) is 18.2 Å². The zero-order chi connectivity index (χ0) is 17.7. The van der Waals surface area contributed by atoms with Gasteiger partial charge in [0.15, 0.2) is 5.88 Å². The zero-order valence-electron chi connectivity index (χ0n) is 13.0. The molecular formula is C18H11BrN2O4. The van der Waals surface area contributed by atoms with Crippen molar-refractivity contribution in [3.05, 3.63) is 57.6 Å². The molecule has 0 unspecified atom stereocenters. The topological polar surface area (TPSA) is 91.8 Å². The van der Waals surface area contributed by atoms with Crippen LogP contribution >= 0.6 is 15.9 Å². The number of rotatable bonds is 2. The van der Waals surface area contributed by atoms with Gasteiger partial charge in [-0.1, -0.05) is 12.1 Å². The van der Waals surface area contributed by atoms with Gasteiger partial charge in [-0.25, -0.2) is 9.79 Å². The molecule has 6 nitrogen and oxygen atoms in total. The fourth-order valence-electron chi connectivity index (χ4n) is 2.94. The van der Waals surface area contributed by atoms with E-state index >= 15 is 0 Å². The standard InChI is InChI=1S/C18H11BrN2O4/c1-25-18(24)8-5-6-12-10(7-8)16(22)15(20-12)13-9-3-2-4-11(19)14(9)21-17(13)23/h2-7,21,23H,1H3. The van der Waals surface area contributed by atoms with Crippen molar-refractivity contribution >= 4 is 50.0 Å². The van der Waals surface area contributed by atoms with Gasteiger partial charge in [-0.3, -0.25) is 4.79 Å². The van der Waals surface area contributed by atoms with Gasteiger partial charge in [0.1, 0.15) is 5.71 Å². The Balaban J connectivity index is 1.86. The van der Waals surface area contributed by atoms with Crippen molar-refractivity contribution < 1.29 is 19.4 Å². The number of nitrogens with one attached hydrogen (secondary N) is 1. The number of H-pyrrole nitrogens is 1. The number of Topliss-reactive ketones (excluding diaryl/α,β-unsaturated/α-hetero) is 1. The number of carbonyl (C=O) groups is 2. The van der Waals surface area contributed by atoms with Crippen LogP contribution in [-0.2, 0) is 4.74 Å². The molecule has 0 spiro atoms. The van der Waals surface area contributed by atoms with Crippen LogP contribution in [0.4, 0.5) is 5.69 Å². The molecule has 0 bridgehead atoms. The number of hydrogen-bond donors (Lipinski definition) is 2. The molecule has 2 heterocycles. The van der Waals surface area contributed by atoms with Gasteiger partial charge in [-0.2, -0.15) is 0 Å². The molecule has 0 radical (unpaired) electrons. The molecule has 0 fully saturated rings. The van der Waals surface area contributed by atoms with Gasteiger partial charge in [0.25, 0.3) is 0 Å². The number of ketones is 1. The van der Waals surface area contributed by atoms with Gasteiger partial charge >= 0.3 is 5.97 Å². The molecule has 124 valence electrons. The first-order chi connectivity index (χ1) is 12.0. The van der Waals surface area contributed by atoms with Crippen molar-refractivity contribution in [1.82, 2.24) is 4.98 Å². The normalized spacial score (nSPS) is 13.0. The third-order valence-corrected chi connectivity index (χ3v) is 4.77. The number of fused-ring (bicyclic) bond motifs is 2. The number of methoxy groups -OCH3 is 1. The third kappa shape index (κ3) is 2.27. The quantitative estimate of drug-likeness (QED) is 0.643. The van der Waals surface area contributed by atoms with E-state index in [9.17, 15) is 14.7 Å². The molecule has 25 heavy (non-hydrogen) atoms. The lowest BCUT2D eigenvalue weighted by Crippen LogP contribution is -2.11. The maximum absolute atomic E-state index is 12.8. The molecule has 7 heteroatoms. The van der Waals surface area contributed by atoms with Gasteiger partial charge in [-0.05, 0) is 40.2 Å². The summed E-state index contributed by atoms with van der Waals surface area (Å²) < 4.78 is 5.45. The Morgan fingerprint density at radius 1 is 1.28 bits per heavy atom. The molecule has 1 aromatic heterocycles. The number of nitrogens with zero attached hydrogens (tertiary/aromatic N) is 1. The van der Waals surface area contributed by atoms with Crippen LogP contribution in [0.25, 0.3) is 10.9 Å². The van der Waals surface area contributed by atoms with Gasteiger partial charge < -0.3 is 14.8 Å². The van der Waals surface area contributed by atoms with E-state index in [1.165, 1.54) is 13.2 Å². The smallest absolute Gasteiger partial charge is 0.337 e. The van der Waals surface area contributed by atoms with E-state index < -0.39 is 5.97 Å². The molecule has 0 saturated carbocycles. The van der Waals surface area contributed by atoms with Crippen molar-refractivity contribution in [1.29, 1.82) is 0 Å². The van der Waals surface area contributed by atoms with E-state index in [0.29, 0.717) is 27.7 Å². The summed E-state index contributed by atoms with van der Waals surface area (Å²) >= 11 is 3.41. The molecule has 4 rings (SSSR count). The van der Waals surface area contributed by atoms with E-state index in [1.807, 2.05) is 12.1 Å². The van der Waals surface area contributed by atoms with Crippen molar-refractivity contribution in [3.63, 3.8) is 0 Å². The molecule has 3 aromatic rings. The zero-order valence-corrected chi connectivity index (χ0v) is 14.5. The second-order valence-corrected chi connectivity index (χ2v) is 6.38. The minimum atomic E-state index is -0.525. The van der Waals surface area contributed by atoms with Crippen LogP contribution < -0.4 is 0 Å². The molecule has 0 atom stereocenters. The van der Waals surface area contributed by atoms with E-state index in [-0.39, 0.29) is 22.9 Å². The number of carbonyl (C=O) groups excluding carboxylic acids is 2. The third-order valence-electron chi connectivity index (χ3n) is 4.11. The number of aromatic amines is 1. The molecule has 2 aromatic carbocycles. The van der Waals surface area contributed by atoms with Gasteiger partial charge in [0.05, 0.1) is 35.0 Å². The van der Waals surface area contributed by atoms with E-state index in [0.717, 1.165) is 4.47 Å². The summed E-state index contributed by atoms with van der Waals surface area (Å²) in [5, 5.41) is 11.0. The average Bonchev–Trinajstić information content (AvgIpc) is 3.11. The monoisotopic (exact) mass is 398 g/mol. The number of ether oxygens (including phenoxy) is 1. The second kappa shape index (κ2) is 5.56. The van der Waals surface area contributed by atoms with Gasteiger partial charge in [0.2, 0.25) is 5.78 Å². The number of aromatic hydroxyl groups is 1. The number of halogens is 1. The van der Waals surface area contributed by atoms with Crippen LogP contribution in [0, 0.1) is 0 Å². The summed E-state index contributed by atoms with van der Waals surface area (Å²) in [5.74, 6) is -1.00. The summed E-state index contributed by atoms with van der Waals surface area (Å²) in [7, 11) is 1.28. The van der Waals surface area contributed by atoms with Crippen molar-refractivity contribution in [2.75, 3.05) is 7.11 Å². The highest BCUT2D eigenvalue weighted by atomic mass is 79.9. The van der Waals surface area contributed by atoms with E-state index in [2.05, 4.69) is 30.6 Å². The van der Waals surface area contributed by atoms with Crippen LogP contribution in [0.1, 0.15) is 26.3 Å². The highest BCUT2D eigenvalue weighted by molar-refractivity contribution is 9.10. The van der Waals surface area contributed by atoms with Gasteiger partial charge in [-0.15, -0.1) is 0 Å². The van der Waals surface area contributed by atoms with Crippen LogP contribution in [0.2, 0.25) is 0 Å². The fraction of sp³-hybridized carbons (Fsp3) is 0.0556. The van der Waals surface area contributed by atoms with Crippen LogP contribution in [0.15, 0.2) is 45.9 Å². The Kier molecular flexibility index (Phi) is 3.47. The predicted molar refractivity (Wildman–Crippen MR) is 96.0 cm³/mol. The van der Waals surface area contributed by atoms with Crippen molar-refractivity contribution in [2.24, 2.45) is 4.99 Å². The highest BCUT2D eigenvalue weighted by Gasteiger charge is 2.31. The molecule has 1 aliphatic rings. The average molecular weight is 399 g/mol. The summed E-state index contributed by atoms with van der Waals surface area (Å²) in [6.07, 6.45) is 0. The lowest BCUT2D eigenvalue weighted by atomic mass is 10.0. The Morgan fingerprint density at radius 3 is 2.84 bits per heavy atom. The Labute approximate surface area is 150 Å². The predicted octanol–water partition coefficient (Wildman–Crippen LogP) is 3.74. The largest absolute Gasteiger partial charge is 0.494 e. The molecule has 0 amide bonds. The molecule has 1 aliphatic heterocycles. The molecule has 0 aliphatic carbocycles. The molecule has 0 saturated heterocycles. The number of aromatic nitrogens is 1. The first-order valence-electron chi connectivity index (χ1n) is 7.36. The lowest BCUT2D eigenvalue weighted by Gasteiger charge is -2.01. The SMILES string of the molecule is COC(=O)c1ccc2c(c1)C(=O)C(c1c(O)[nH]c3c(Br)cccc13)=N2. The Hall–Kier alpha value is -2.93. The number of hydrogen-bond acceptors (Lipinski definition) is 5. The first kappa shape index (κ1) is 15.6. The maximum Gasteiger partial charge on any atom is 0.337 e. The summed E-state index contributed by atoms with van der Waals surface area (Å²) in [6, 6.07) is 10.0. The minimum Gasteiger partial charge on any atom is -0.494 e. The molecule has 2 N–H and O–H groups in total. The highest BCUT2D eigenvalue weighted by Crippen LogP contribution is 2.37. The van der Waals surface area contributed by atoms with Crippen LogP contribution in [-0.4, -0.2) is 34.7 Å². The van der Waals surface area contributed by atoms with Crippen LogP contribution in [0.3, 0.4) is 0 Å². The second-order valence-electron chi connectivity index (χ2n) is 5.52. The van der Waals surface area contributed by atoms with Crippen molar-refractivity contribution in [2.45, 2.75) is 0 Å². The number of benzene rings is 2. The molecular weight excluding hydrogens is 388 g/mol. The number of aliphatic imine (C=N–C) groups is 1. The first-order valence-corrected chi connectivity index (χ1v) is 8.16. The summed E-state index contributed by atoms with van der Waals surface area (Å²) in [6.45, 7) is 0. The summed E-state index contributed by atoms with van der Waals surface area (Å²) in [4.78, 5) is 31.7. The number of esters is 1. The number of para-hydroxylation sites is 1. The van der Waals surface area contributed by atoms with Gasteiger partial charge in [0, 0.05) is 9.86 Å². The Bertz CT molecular complexity index is 1100. The maximum atomic E-state index is 12.8.